The minimum absolute atomic E-state index is 0.729. The third-order valence-electron chi connectivity index (χ3n) is 8.31. The zero-order chi connectivity index (χ0) is 21.0. The smallest absolute Gasteiger partial charge is 0.0991 e. The van der Waals surface area contributed by atoms with E-state index in [2.05, 4.69) is 25.1 Å². The van der Waals surface area contributed by atoms with E-state index in [0.29, 0.717) is 0 Å². The molecule has 0 N–H and O–H groups in total. The number of hydrogen-bond acceptors (Lipinski definition) is 1. The molecule has 0 aromatic heterocycles. The third kappa shape index (κ3) is 7.44. The molecule has 166 valence electrons. The van der Waals surface area contributed by atoms with Gasteiger partial charge in [-0.2, -0.15) is 5.26 Å². The minimum Gasteiger partial charge on any atom is -0.192 e. The fraction of sp³-hybridized carbons (Fsp3) is 0.759. The van der Waals surface area contributed by atoms with Crippen molar-refractivity contribution in [1.29, 1.82) is 5.26 Å². The van der Waals surface area contributed by atoms with Crippen molar-refractivity contribution in [3.8, 4) is 6.07 Å². The zero-order valence-electron chi connectivity index (χ0n) is 19.6. The van der Waals surface area contributed by atoms with Crippen molar-refractivity contribution in [1.82, 2.24) is 0 Å². The molecule has 0 unspecified atom stereocenters. The van der Waals surface area contributed by atoms with Crippen molar-refractivity contribution in [3.63, 3.8) is 0 Å². The number of nitriles is 1. The Morgan fingerprint density at radius 2 is 1.23 bits per heavy atom. The van der Waals surface area contributed by atoms with Crippen molar-refractivity contribution in [2.75, 3.05) is 0 Å². The van der Waals surface area contributed by atoms with E-state index in [0.717, 1.165) is 29.2 Å². The molecular formula is C29H45N. The number of nitrogens with zero attached hydrogens (tertiary/aromatic N) is 1. The lowest BCUT2D eigenvalue weighted by molar-refractivity contribution is 0.155. The summed E-state index contributed by atoms with van der Waals surface area (Å²) in [5, 5.41) is 8.99. The highest BCUT2D eigenvalue weighted by atomic mass is 14.4. The van der Waals surface area contributed by atoms with Crippen LogP contribution in [0.4, 0.5) is 0 Å². The van der Waals surface area contributed by atoms with E-state index in [9.17, 15) is 0 Å². The maximum atomic E-state index is 8.99. The van der Waals surface area contributed by atoms with Gasteiger partial charge in [0.1, 0.15) is 0 Å². The molecule has 30 heavy (non-hydrogen) atoms. The number of hydrogen-bond donors (Lipinski definition) is 0. The third-order valence-corrected chi connectivity index (χ3v) is 8.31. The van der Waals surface area contributed by atoms with Gasteiger partial charge in [-0.15, -0.1) is 0 Å². The molecule has 0 amide bonds. The molecule has 2 fully saturated rings. The quantitative estimate of drug-likeness (QED) is 0.335. The van der Waals surface area contributed by atoms with Gasteiger partial charge in [-0.05, 0) is 79.9 Å². The Morgan fingerprint density at radius 1 is 0.700 bits per heavy atom. The molecule has 0 radical (unpaired) electrons. The lowest BCUT2D eigenvalue weighted by Crippen LogP contribution is -2.25. The van der Waals surface area contributed by atoms with Gasteiger partial charge in [0.25, 0.3) is 0 Å². The van der Waals surface area contributed by atoms with E-state index in [1.54, 1.807) is 0 Å². The summed E-state index contributed by atoms with van der Waals surface area (Å²) in [4.78, 5) is 0. The number of unbranched alkanes of at least 4 members (excludes halogenated alkanes) is 7. The van der Waals surface area contributed by atoms with E-state index in [-0.39, 0.29) is 0 Å². The van der Waals surface area contributed by atoms with Gasteiger partial charge in [0, 0.05) is 0 Å². The molecule has 2 saturated carbocycles. The monoisotopic (exact) mass is 407 g/mol. The second-order valence-electron chi connectivity index (χ2n) is 10.4. The summed E-state index contributed by atoms with van der Waals surface area (Å²) < 4.78 is 0. The van der Waals surface area contributed by atoms with E-state index in [1.807, 2.05) is 12.1 Å². The maximum absolute atomic E-state index is 8.99. The summed E-state index contributed by atoms with van der Waals surface area (Å²) in [6.07, 6.45) is 24.7. The Labute approximate surface area is 186 Å². The molecule has 0 atom stereocenters. The van der Waals surface area contributed by atoms with Gasteiger partial charge in [0.05, 0.1) is 11.6 Å². The van der Waals surface area contributed by atoms with Crippen LogP contribution in [0.3, 0.4) is 0 Å². The summed E-state index contributed by atoms with van der Waals surface area (Å²) in [6.45, 7) is 2.30. The van der Waals surface area contributed by atoms with Gasteiger partial charge in [0.15, 0.2) is 0 Å². The highest BCUT2D eigenvalue weighted by molar-refractivity contribution is 5.33. The molecule has 0 heterocycles. The van der Waals surface area contributed by atoms with Crippen LogP contribution < -0.4 is 0 Å². The van der Waals surface area contributed by atoms with E-state index >= 15 is 0 Å². The van der Waals surface area contributed by atoms with Crippen LogP contribution in [0.5, 0.6) is 0 Å². The maximum Gasteiger partial charge on any atom is 0.0991 e. The summed E-state index contributed by atoms with van der Waals surface area (Å²) in [6, 6.07) is 10.6. The first-order valence-electron chi connectivity index (χ1n) is 13.3. The molecule has 0 bridgehead atoms. The van der Waals surface area contributed by atoms with Crippen molar-refractivity contribution in [3.05, 3.63) is 35.4 Å². The standard InChI is InChI=1S/C29H45N/c1-2-3-4-5-6-7-8-9-10-24-11-15-26(16-12-24)28-19-21-29(22-20-28)27-17-13-25(23-30)14-18-27/h13-14,17-18,24,26,28-29H,2-12,15-16,19-22H2,1H3. The van der Waals surface area contributed by atoms with Gasteiger partial charge in [-0.25, -0.2) is 0 Å². The average molecular weight is 408 g/mol. The molecule has 2 aliphatic rings. The van der Waals surface area contributed by atoms with Crippen LogP contribution >= 0.6 is 0 Å². The minimum atomic E-state index is 0.729. The van der Waals surface area contributed by atoms with E-state index < -0.39 is 0 Å². The fourth-order valence-electron chi connectivity index (χ4n) is 6.27. The highest BCUT2D eigenvalue weighted by Gasteiger charge is 2.31. The first-order valence-corrected chi connectivity index (χ1v) is 13.3. The summed E-state index contributed by atoms with van der Waals surface area (Å²) in [7, 11) is 0. The van der Waals surface area contributed by atoms with Crippen LogP contribution in [-0.4, -0.2) is 0 Å². The van der Waals surface area contributed by atoms with E-state index in [4.69, 9.17) is 5.26 Å². The van der Waals surface area contributed by atoms with Crippen LogP contribution in [0, 0.1) is 29.1 Å². The van der Waals surface area contributed by atoms with E-state index in [1.165, 1.54) is 115 Å². The molecule has 1 nitrogen and oxygen atoms in total. The SMILES string of the molecule is CCCCCCCCCCC1CCC(C2CCC(c3ccc(C#N)cc3)CC2)CC1. The molecular weight excluding hydrogens is 362 g/mol. The summed E-state index contributed by atoms with van der Waals surface area (Å²) in [5.74, 6) is 3.77. The van der Waals surface area contributed by atoms with Crippen LogP contribution in [0.15, 0.2) is 24.3 Å². The number of rotatable bonds is 11. The Balaban J connectivity index is 1.26. The Bertz CT molecular complexity index is 609. The van der Waals surface area contributed by atoms with Crippen LogP contribution in [0.1, 0.15) is 133 Å². The predicted molar refractivity (Wildman–Crippen MR) is 129 cm³/mol. The normalized spacial score (nSPS) is 26.9. The second-order valence-corrected chi connectivity index (χ2v) is 10.4. The van der Waals surface area contributed by atoms with Crippen molar-refractivity contribution < 1.29 is 0 Å². The molecule has 1 aromatic rings. The molecule has 2 aliphatic carbocycles. The molecule has 1 aromatic carbocycles. The summed E-state index contributed by atoms with van der Waals surface area (Å²) >= 11 is 0. The topological polar surface area (TPSA) is 23.8 Å². The first kappa shape index (κ1) is 23.4. The Hall–Kier alpha value is -1.29. The lowest BCUT2D eigenvalue weighted by Gasteiger charge is -2.38. The zero-order valence-corrected chi connectivity index (χ0v) is 19.6. The van der Waals surface area contributed by atoms with Crippen molar-refractivity contribution in [2.24, 2.45) is 17.8 Å². The number of benzene rings is 1. The van der Waals surface area contributed by atoms with Crippen molar-refractivity contribution in [2.45, 2.75) is 122 Å². The average Bonchev–Trinajstić information content (AvgIpc) is 2.81. The molecule has 0 saturated heterocycles. The van der Waals surface area contributed by atoms with Crippen molar-refractivity contribution >= 4 is 0 Å². The molecule has 1 heteroatoms. The largest absolute Gasteiger partial charge is 0.192 e. The molecule has 3 rings (SSSR count). The fourth-order valence-corrected chi connectivity index (χ4v) is 6.27. The summed E-state index contributed by atoms with van der Waals surface area (Å²) in [5.41, 5.74) is 2.25. The van der Waals surface area contributed by atoms with Crippen LogP contribution in [0.2, 0.25) is 0 Å². The Morgan fingerprint density at radius 3 is 1.80 bits per heavy atom. The molecule has 0 aliphatic heterocycles. The first-order chi connectivity index (χ1) is 14.8. The van der Waals surface area contributed by atoms with Gasteiger partial charge >= 0.3 is 0 Å². The van der Waals surface area contributed by atoms with Gasteiger partial charge in [-0.1, -0.05) is 89.7 Å². The van der Waals surface area contributed by atoms with Crippen LogP contribution in [-0.2, 0) is 0 Å². The molecule has 0 spiro atoms. The predicted octanol–water partition coefficient (Wildman–Crippen LogP) is 9.17. The Kier molecular flexibility index (Phi) is 10.3. The highest BCUT2D eigenvalue weighted by Crippen LogP contribution is 2.44. The van der Waals surface area contributed by atoms with Crippen LogP contribution in [0.25, 0.3) is 0 Å². The van der Waals surface area contributed by atoms with Gasteiger partial charge in [0.2, 0.25) is 0 Å². The second kappa shape index (κ2) is 13.2. The lowest BCUT2D eigenvalue weighted by atomic mass is 9.68. The van der Waals surface area contributed by atoms with Gasteiger partial charge in [-0.3, -0.25) is 0 Å². The van der Waals surface area contributed by atoms with Gasteiger partial charge < -0.3 is 0 Å².